The lowest BCUT2D eigenvalue weighted by Crippen LogP contribution is -2.45. The number of halogens is 1. The van der Waals surface area contributed by atoms with E-state index >= 15 is 4.39 Å². The van der Waals surface area contributed by atoms with Crippen LogP contribution < -0.4 is 4.74 Å². The van der Waals surface area contributed by atoms with E-state index in [0.29, 0.717) is 5.75 Å². The van der Waals surface area contributed by atoms with Crippen molar-refractivity contribution < 1.29 is 9.13 Å². The Kier molecular flexibility index (Phi) is 5.92. The van der Waals surface area contributed by atoms with Crippen LogP contribution >= 0.6 is 0 Å². The van der Waals surface area contributed by atoms with E-state index in [1.165, 1.54) is 9.79 Å². The molecule has 0 radical (unpaired) electrons. The molecule has 3 aromatic rings. The molecule has 0 N–H and O–H groups in total. The first-order chi connectivity index (χ1) is 14.4. The van der Waals surface area contributed by atoms with E-state index < -0.39 is 0 Å². The fourth-order valence-electron chi connectivity index (χ4n) is 4.37. The monoisotopic (exact) mass is 421 g/mol. The Bertz CT molecular complexity index is 933. The number of hydrogen-bond donors (Lipinski definition) is 0. The highest BCUT2D eigenvalue weighted by molar-refractivity contribution is 7.97. The highest BCUT2D eigenvalue weighted by atomic mass is 32.2. The maximum atomic E-state index is 15.3. The fraction of sp³-hybridized carbons (Fsp3) is 0.333. The standard InChI is InChI=1S/C27H30FOS/c1-26(2,3)27(18-10-11-19-27)29-25-17-16-23(20-24(25)28)30(21-12-6-4-7-13-21)22-14-8-5-9-15-22/h4-9,12-17,20H,10-11,18-19H2,1-3H3/q+1. The third-order valence-corrected chi connectivity index (χ3v) is 8.39. The van der Waals surface area contributed by atoms with Crippen molar-refractivity contribution in [2.45, 2.75) is 66.7 Å². The van der Waals surface area contributed by atoms with Crippen molar-refractivity contribution in [2.24, 2.45) is 5.41 Å². The van der Waals surface area contributed by atoms with Gasteiger partial charge in [-0.2, -0.15) is 0 Å². The van der Waals surface area contributed by atoms with Gasteiger partial charge in [0.15, 0.2) is 26.3 Å². The Morgan fingerprint density at radius 2 is 1.30 bits per heavy atom. The van der Waals surface area contributed by atoms with Crippen LogP contribution in [0.25, 0.3) is 0 Å². The van der Waals surface area contributed by atoms with Crippen LogP contribution in [0.15, 0.2) is 93.5 Å². The number of benzene rings is 3. The van der Waals surface area contributed by atoms with Crippen molar-refractivity contribution >= 4 is 10.9 Å². The molecule has 30 heavy (non-hydrogen) atoms. The first-order valence-electron chi connectivity index (χ1n) is 10.7. The van der Waals surface area contributed by atoms with E-state index in [1.807, 2.05) is 48.5 Å². The first-order valence-corrected chi connectivity index (χ1v) is 12.0. The van der Waals surface area contributed by atoms with E-state index in [9.17, 15) is 0 Å². The lowest BCUT2D eigenvalue weighted by Gasteiger charge is -2.42. The number of hydrogen-bond acceptors (Lipinski definition) is 1. The molecule has 0 unspecified atom stereocenters. The van der Waals surface area contributed by atoms with Gasteiger partial charge in [0.2, 0.25) is 0 Å². The molecule has 0 saturated heterocycles. The summed E-state index contributed by atoms with van der Waals surface area (Å²) in [6.07, 6.45) is 4.25. The molecule has 0 atom stereocenters. The maximum Gasteiger partial charge on any atom is 0.170 e. The first kappa shape index (κ1) is 21.0. The summed E-state index contributed by atoms with van der Waals surface area (Å²) in [6.45, 7) is 6.60. The van der Waals surface area contributed by atoms with Crippen molar-refractivity contribution in [2.75, 3.05) is 0 Å². The summed E-state index contributed by atoms with van der Waals surface area (Å²) in [5, 5.41) is 0. The summed E-state index contributed by atoms with van der Waals surface area (Å²) < 4.78 is 21.8. The van der Waals surface area contributed by atoms with E-state index in [2.05, 4.69) is 45.0 Å². The molecule has 0 spiro atoms. The van der Waals surface area contributed by atoms with E-state index in [-0.39, 0.29) is 27.7 Å². The molecule has 3 aromatic carbocycles. The second-order valence-corrected chi connectivity index (χ2v) is 11.1. The van der Waals surface area contributed by atoms with Gasteiger partial charge in [-0.3, -0.25) is 0 Å². The molecule has 0 amide bonds. The molecular formula is C27H30FOS+. The fourth-order valence-corrected chi connectivity index (χ4v) is 6.48. The van der Waals surface area contributed by atoms with Crippen LogP contribution in [0.5, 0.6) is 5.75 Å². The zero-order valence-corrected chi connectivity index (χ0v) is 18.8. The molecule has 0 heterocycles. The molecule has 156 valence electrons. The van der Waals surface area contributed by atoms with Crippen LogP contribution in [0, 0.1) is 11.2 Å². The van der Waals surface area contributed by atoms with Crippen LogP contribution in [0.4, 0.5) is 4.39 Å². The highest BCUT2D eigenvalue weighted by Crippen LogP contribution is 2.47. The summed E-state index contributed by atoms with van der Waals surface area (Å²) in [5.74, 6) is 0.104. The molecule has 1 saturated carbocycles. The largest absolute Gasteiger partial charge is 0.484 e. The average Bonchev–Trinajstić information content (AvgIpc) is 3.22. The van der Waals surface area contributed by atoms with Gasteiger partial charge < -0.3 is 4.74 Å². The smallest absolute Gasteiger partial charge is 0.170 e. The Hall–Kier alpha value is -2.26. The molecule has 0 aromatic heterocycles. The maximum absolute atomic E-state index is 15.3. The zero-order chi connectivity index (χ0) is 21.2. The normalized spacial score (nSPS) is 16.0. The molecule has 1 fully saturated rings. The zero-order valence-electron chi connectivity index (χ0n) is 18.0. The van der Waals surface area contributed by atoms with Crippen LogP contribution in [0.3, 0.4) is 0 Å². The molecule has 1 aliphatic carbocycles. The highest BCUT2D eigenvalue weighted by Gasteiger charge is 2.46. The topological polar surface area (TPSA) is 9.23 Å². The van der Waals surface area contributed by atoms with Gasteiger partial charge in [-0.25, -0.2) is 4.39 Å². The van der Waals surface area contributed by atoms with Crippen LogP contribution in [0.1, 0.15) is 46.5 Å². The second-order valence-electron chi connectivity index (χ2n) is 9.08. The molecule has 3 heteroatoms. The van der Waals surface area contributed by atoms with Crippen molar-refractivity contribution in [1.82, 2.24) is 0 Å². The van der Waals surface area contributed by atoms with Gasteiger partial charge in [0, 0.05) is 11.5 Å². The van der Waals surface area contributed by atoms with Gasteiger partial charge in [-0.15, -0.1) is 0 Å². The molecule has 0 bridgehead atoms. The number of rotatable bonds is 5. The Labute approximate surface area is 182 Å². The summed E-state index contributed by atoms with van der Waals surface area (Å²) in [6, 6.07) is 26.2. The summed E-state index contributed by atoms with van der Waals surface area (Å²) in [5.41, 5.74) is -0.330. The van der Waals surface area contributed by atoms with Crippen LogP contribution in [-0.4, -0.2) is 5.60 Å². The molecule has 4 rings (SSSR count). The van der Waals surface area contributed by atoms with Crippen LogP contribution in [0.2, 0.25) is 0 Å². The van der Waals surface area contributed by atoms with Crippen molar-refractivity contribution in [3.63, 3.8) is 0 Å². The Morgan fingerprint density at radius 3 is 1.77 bits per heavy atom. The molecule has 1 aliphatic rings. The van der Waals surface area contributed by atoms with Crippen LogP contribution in [-0.2, 0) is 10.9 Å². The van der Waals surface area contributed by atoms with Gasteiger partial charge in [-0.1, -0.05) is 57.2 Å². The van der Waals surface area contributed by atoms with Gasteiger partial charge in [0.05, 0.1) is 10.9 Å². The Morgan fingerprint density at radius 1 is 0.767 bits per heavy atom. The minimum atomic E-state index is -0.360. The summed E-state index contributed by atoms with van der Waals surface area (Å²) in [7, 11) is -0.360. The minimum absolute atomic E-state index is 0.0347. The average molecular weight is 422 g/mol. The van der Waals surface area contributed by atoms with Gasteiger partial charge in [-0.05, 0) is 62.1 Å². The van der Waals surface area contributed by atoms with Gasteiger partial charge >= 0.3 is 0 Å². The predicted octanol–water partition coefficient (Wildman–Crippen LogP) is 7.66. The lowest BCUT2D eigenvalue weighted by molar-refractivity contribution is -0.0296. The molecule has 0 aliphatic heterocycles. The predicted molar refractivity (Wildman–Crippen MR) is 123 cm³/mol. The molecule has 1 nitrogen and oxygen atoms in total. The van der Waals surface area contributed by atoms with Gasteiger partial charge in [0.1, 0.15) is 5.60 Å². The SMILES string of the molecule is CC(C)(C)C1(Oc2ccc([S+](c3ccccc3)c3ccccc3)cc2F)CCCC1. The number of ether oxygens (including phenoxy) is 1. The van der Waals surface area contributed by atoms with Gasteiger partial charge in [0.25, 0.3) is 0 Å². The lowest BCUT2D eigenvalue weighted by atomic mass is 9.75. The van der Waals surface area contributed by atoms with E-state index in [0.717, 1.165) is 30.6 Å². The minimum Gasteiger partial charge on any atom is -0.484 e. The van der Waals surface area contributed by atoms with Crippen molar-refractivity contribution in [1.29, 1.82) is 0 Å². The molecular weight excluding hydrogens is 391 g/mol. The second kappa shape index (κ2) is 8.47. The van der Waals surface area contributed by atoms with E-state index in [1.54, 1.807) is 6.07 Å². The third kappa shape index (κ3) is 4.13. The third-order valence-electron chi connectivity index (χ3n) is 6.18. The van der Waals surface area contributed by atoms with Crippen molar-refractivity contribution in [3.05, 3.63) is 84.7 Å². The summed E-state index contributed by atoms with van der Waals surface area (Å²) in [4.78, 5) is 3.32. The quantitative estimate of drug-likeness (QED) is 0.384. The summed E-state index contributed by atoms with van der Waals surface area (Å²) >= 11 is 0. The van der Waals surface area contributed by atoms with E-state index in [4.69, 9.17) is 4.74 Å². The Balaban J connectivity index is 1.70. The van der Waals surface area contributed by atoms with Crippen molar-refractivity contribution in [3.8, 4) is 5.75 Å².